The fourth-order valence-corrected chi connectivity index (χ4v) is 17.3. The van der Waals surface area contributed by atoms with Crippen molar-refractivity contribution in [1.82, 2.24) is 77.3 Å². The first kappa shape index (κ1) is 111. The largest absolute Gasteiger partial charge is 0.459 e. The topological polar surface area (TPSA) is 434 Å². The number of rotatable bonds is 49. The molecule has 58 heteroatoms. The van der Waals surface area contributed by atoms with Crippen molar-refractivity contribution in [2.45, 2.75) is 147 Å². The molecule has 9 rings (SSSR count). The number of ether oxygens (including phenoxy) is 5. The molecule has 15 amide bonds. The molecule has 136 heavy (non-hydrogen) atoms. The number of amides is 15. The molecule has 0 aliphatic carbocycles. The number of hydrogen-bond donors (Lipinski definition) is 10. The average molecular weight is 1860 g/mol. The lowest BCUT2D eigenvalue weighted by molar-refractivity contribution is -0.156. The Bertz CT molecular complexity index is 4880. The number of carbonyl (C=O) groups is 13. The van der Waals surface area contributed by atoms with Crippen LogP contribution >= 0.6 is 17.5 Å². The van der Waals surface area contributed by atoms with Crippen LogP contribution in [0.25, 0.3) is 0 Å². The third-order valence-corrected chi connectivity index (χ3v) is 24.6. The van der Waals surface area contributed by atoms with E-state index in [0.29, 0.717) is 34.9 Å². The van der Waals surface area contributed by atoms with E-state index < -0.39 is 256 Å². The van der Waals surface area contributed by atoms with E-state index in [4.69, 9.17) is 110 Å². The van der Waals surface area contributed by atoms with Gasteiger partial charge in [-0.1, -0.05) is 145 Å². The van der Waals surface area contributed by atoms with Gasteiger partial charge in [0.05, 0.1) is 26.4 Å². The molecule has 5 aliphatic heterocycles. The van der Waals surface area contributed by atoms with Gasteiger partial charge in [-0.3, -0.25) is 54.6 Å². The highest BCUT2D eigenvalue weighted by Gasteiger charge is 2.54. The van der Waals surface area contributed by atoms with Gasteiger partial charge in [-0.05, 0) is 94.9 Å². The van der Waals surface area contributed by atoms with E-state index in [2.05, 4.69) is 47.9 Å². The van der Waals surface area contributed by atoms with Gasteiger partial charge in [-0.2, -0.15) is 9.90 Å². The molecule has 5 heterocycles. The summed E-state index contributed by atoms with van der Waals surface area (Å²) in [5.41, 5.74) is 2.45. The van der Waals surface area contributed by atoms with E-state index in [-0.39, 0.29) is 68.9 Å². The smallest absolute Gasteiger partial charge is 0.409 e. The summed E-state index contributed by atoms with van der Waals surface area (Å²) in [6, 6.07) is 25.3. The molecular formula is C78H103B20N15O21P2. The van der Waals surface area contributed by atoms with Crippen LogP contribution < -0.4 is 47.9 Å². The standard InChI is InChI=1S/C78H100B20N15O21P.H3P/c1-7-132-135(127,133-8-2)51-61(69(118)100-31-37-112(66(115)45-109-35-29-63(103-72(109)121)106-76(125)130-49-54-20-14-10-15-21-54)60(70(119)128-47-56-26-24-52(3)25-27-56)41-58-43-90(58)98(94(85)86)96(88)92(81)82)113(67(116)46-110-36-30-64(104-73(110)122)107-77(126)131-50-55-22-16-11-17-23-55)38-32-99-68(117)59(40-57-42-89(57)97(93(83)84)95(87)91(79)80)111(39-33-101-74(123)134-78(4,5)6)65(114)44-108-34-28-62(102-71(108)120)105-75(124)129-48-53-18-12-9-13-19-53;/h9-30,34-36,51,57-64,127H,7-8,31-33,37-50H2,1-6H3,(H,99,117)(H,100,118)(H,101,123)(H,102,120)(H,103,121)(H,104,122)(H,105,124)(H,106,125)(H,107,126);1H3. The Morgan fingerprint density at radius 1 is 0.485 bits per heavy atom. The number of nitrogens with zero attached hydrogens (tertiary/aromatic N) is 6. The molecule has 0 aromatic heterocycles. The third-order valence-electron chi connectivity index (χ3n) is 22.7. The zero-order chi connectivity index (χ0) is 98.4. The molecule has 686 valence electrons. The molecule has 9 atom stereocenters. The Labute approximate surface area is 814 Å². The van der Waals surface area contributed by atoms with Crippen LogP contribution in [0.2, 0.25) is 24.3 Å². The molecule has 4 aromatic carbocycles. The van der Waals surface area contributed by atoms with Crippen molar-refractivity contribution in [2.75, 3.05) is 72.1 Å². The van der Waals surface area contributed by atoms with Crippen LogP contribution in [0.15, 0.2) is 152 Å². The lowest BCUT2D eigenvalue weighted by Gasteiger charge is -2.36. The summed E-state index contributed by atoms with van der Waals surface area (Å²) < 4.78 is 39.4. The molecule has 36 nitrogen and oxygen atoms in total. The molecule has 20 radical (unpaired) electrons. The summed E-state index contributed by atoms with van der Waals surface area (Å²) in [6.45, 7) is 1.52. The van der Waals surface area contributed by atoms with Crippen LogP contribution in [-0.2, 0) is 87.9 Å². The van der Waals surface area contributed by atoms with Crippen LogP contribution in [0.4, 0.5) is 33.6 Å². The molecule has 2 saturated heterocycles. The van der Waals surface area contributed by atoms with Crippen molar-refractivity contribution in [3.05, 3.63) is 180 Å². The molecule has 9 unspecified atom stereocenters. The summed E-state index contributed by atoms with van der Waals surface area (Å²) in [5.74, 6) is -6.10. The van der Waals surface area contributed by atoms with Gasteiger partial charge in [0.25, 0.3) is 7.57 Å². The SMILES string of the molecule is P.[B]B([B])B([B])B(B([B])[B])B1CC1CC(C(=O)NCCN(C(=O)CN1C=CC(NC(=O)OCc2ccccc2)NC1=O)C(C=P(O)(OCC)OCC)C(=O)NCCN(C(=O)CN1C=CC(NC(=O)OCc2ccccc2)NC1=O)C(CC1CB1B(B([B])[B])B([B])B([B])[B])C(=O)OCc1ccc(C)cc1)N(CCNC(=O)OC(C)(C)C)C(=O)CN1C=CC(NC(=O)OCc2ccccc2)NC1=O. The van der Waals surface area contributed by atoms with Crippen LogP contribution in [-0.4, -0.2) is 374 Å². The van der Waals surface area contributed by atoms with Crippen LogP contribution in [0.1, 0.15) is 75.3 Å². The molecule has 4 aromatic rings. The maximum absolute atomic E-state index is 16.0. The maximum Gasteiger partial charge on any atom is 0.409 e. The summed E-state index contributed by atoms with van der Waals surface area (Å²) in [5, 5.41) is 23.4. The number of benzene rings is 4. The minimum atomic E-state index is -4.48. The average Bonchev–Trinajstić information content (AvgIpc) is 1.64. The molecule has 5 aliphatic rings. The van der Waals surface area contributed by atoms with Gasteiger partial charge >= 0.3 is 48.4 Å². The van der Waals surface area contributed by atoms with E-state index >= 15 is 28.8 Å². The van der Waals surface area contributed by atoms with Crippen molar-refractivity contribution < 1.29 is 100.0 Å². The highest BCUT2D eigenvalue weighted by Crippen LogP contribution is 2.47. The first-order valence-electron chi connectivity index (χ1n) is 44.3. The number of aryl methyl sites for hydroxylation is 1. The normalized spacial score (nSPS) is 16.8. The predicted octanol–water partition coefficient (Wildman–Crippen LogP) is -1.78. The Kier molecular flexibility index (Phi) is 43.8. The van der Waals surface area contributed by atoms with Crippen molar-refractivity contribution in [1.29, 1.82) is 0 Å². The Hall–Kier alpha value is -10.3. The molecule has 0 bridgehead atoms. The van der Waals surface area contributed by atoms with Gasteiger partial charge in [-0.25, -0.2) is 38.4 Å². The Morgan fingerprint density at radius 2 is 0.831 bits per heavy atom. The lowest BCUT2D eigenvalue weighted by atomic mass is 8.57. The van der Waals surface area contributed by atoms with Crippen LogP contribution in [0, 0.1) is 6.92 Å². The fourth-order valence-electron chi connectivity index (χ4n) is 15.7. The number of esters is 1. The zero-order valence-corrected chi connectivity index (χ0v) is 79.4. The second-order valence-corrected chi connectivity index (χ2v) is 36.1. The summed E-state index contributed by atoms with van der Waals surface area (Å²) in [7, 11) is 58.7. The van der Waals surface area contributed by atoms with E-state index in [0.717, 1.165) is 47.0 Å². The van der Waals surface area contributed by atoms with E-state index in [1.54, 1.807) is 136 Å². The van der Waals surface area contributed by atoms with Crippen molar-refractivity contribution in [3.8, 4) is 0 Å². The molecule has 2 fully saturated rings. The second-order valence-electron chi connectivity index (χ2n) is 34.1. The molecule has 10 N–H and O–H groups in total. The van der Waals surface area contributed by atoms with E-state index in [9.17, 15) is 38.5 Å². The third kappa shape index (κ3) is 35.0. The van der Waals surface area contributed by atoms with Gasteiger partial charge in [0.15, 0.2) is 0 Å². The number of urea groups is 3. The van der Waals surface area contributed by atoms with E-state index in [1.807, 2.05) is 6.92 Å². The minimum absolute atomic E-state index is 0. The van der Waals surface area contributed by atoms with Crippen LogP contribution in [0.3, 0.4) is 0 Å². The number of carbonyl (C=O) groups excluding carboxylic acids is 13. The Balaban J connectivity index is 0.0000227. The maximum atomic E-state index is 16.0. The van der Waals surface area contributed by atoms with Gasteiger partial charge in [0, 0.05) is 192 Å². The van der Waals surface area contributed by atoms with Crippen LogP contribution in [0.5, 0.6) is 0 Å². The summed E-state index contributed by atoms with van der Waals surface area (Å²) in [6.07, 6.45) is -7.14. The quantitative estimate of drug-likeness (QED) is 0.0101. The minimum Gasteiger partial charge on any atom is -0.459 e. The fraction of sp³-hybridized carbons (Fsp3) is 0.436. The Morgan fingerprint density at radius 3 is 1.20 bits per heavy atom. The first-order valence-corrected chi connectivity index (χ1v) is 46.0. The lowest BCUT2D eigenvalue weighted by Crippen LogP contribution is -2.63. The molecule has 0 saturated carbocycles. The number of hydrogen-bond acceptors (Lipinski definition) is 21. The first-order chi connectivity index (χ1) is 64.2. The van der Waals surface area contributed by atoms with Gasteiger partial charge < -0.3 is 84.2 Å². The van der Waals surface area contributed by atoms with Gasteiger partial charge in [-0.15, -0.1) is 0 Å². The highest BCUT2D eigenvalue weighted by atomic mass is 31.2. The van der Waals surface area contributed by atoms with Gasteiger partial charge in [0.2, 0.25) is 29.5 Å². The van der Waals surface area contributed by atoms with Crippen molar-refractivity contribution in [3.63, 3.8) is 0 Å². The van der Waals surface area contributed by atoms with Crippen molar-refractivity contribution >= 4 is 243 Å². The monoisotopic (exact) mass is 1870 g/mol. The summed E-state index contributed by atoms with van der Waals surface area (Å²) >= 11 is 0. The molecular weight excluding hydrogens is 1760 g/mol. The van der Waals surface area contributed by atoms with Crippen molar-refractivity contribution in [2.24, 2.45) is 0 Å². The summed E-state index contributed by atoms with van der Waals surface area (Å²) in [4.78, 5) is 207. The highest BCUT2D eigenvalue weighted by molar-refractivity contribution is 8.02. The van der Waals surface area contributed by atoms with Gasteiger partial charge in [0.1, 0.15) is 88.3 Å². The predicted molar refractivity (Wildman–Crippen MR) is 543 cm³/mol. The second kappa shape index (κ2) is 53.6. The number of nitrogens with one attached hydrogen (secondary N) is 9. The number of alkyl carbamates (subject to hydrolysis) is 4. The zero-order valence-electron chi connectivity index (χ0n) is 77.1. The van der Waals surface area contributed by atoms with E-state index in [1.165, 1.54) is 44.5 Å². The molecule has 0 spiro atoms.